The average molecular weight is 324 g/mol. The quantitative estimate of drug-likeness (QED) is 0.886. The molecule has 0 fully saturated rings. The minimum atomic E-state index is 0. The van der Waals surface area contributed by atoms with Gasteiger partial charge in [0, 0.05) is 17.5 Å². The van der Waals surface area contributed by atoms with Gasteiger partial charge in [0.15, 0.2) is 0 Å². The van der Waals surface area contributed by atoms with Crippen LogP contribution in [-0.4, -0.2) is 11.5 Å². The first-order chi connectivity index (χ1) is 8.20. The summed E-state index contributed by atoms with van der Waals surface area (Å²) in [5.41, 5.74) is 1.94. The van der Waals surface area contributed by atoms with Gasteiger partial charge < -0.3 is 5.32 Å². The third-order valence-corrected chi connectivity index (χ3v) is 3.88. The molecule has 0 aliphatic carbocycles. The number of thiazole rings is 1. The molecule has 0 atom stereocenters. The van der Waals surface area contributed by atoms with Crippen LogP contribution >= 0.6 is 46.9 Å². The van der Waals surface area contributed by atoms with Crippen molar-refractivity contribution in [3.8, 4) is 11.3 Å². The lowest BCUT2D eigenvalue weighted by atomic mass is 10.2. The Morgan fingerprint density at radius 2 is 2.06 bits per heavy atom. The van der Waals surface area contributed by atoms with Crippen LogP contribution in [0.15, 0.2) is 23.6 Å². The number of rotatable bonds is 4. The van der Waals surface area contributed by atoms with Crippen LogP contribution in [0.4, 0.5) is 0 Å². The Balaban J connectivity index is 0.00000162. The second-order valence-electron chi connectivity index (χ2n) is 3.54. The first-order valence-electron chi connectivity index (χ1n) is 5.31. The molecule has 1 heterocycles. The van der Waals surface area contributed by atoms with Gasteiger partial charge in [-0.15, -0.1) is 23.7 Å². The van der Waals surface area contributed by atoms with Crippen LogP contribution in [0.3, 0.4) is 0 Å². The number of aromatic nitrogens is 1. The lowest BCUT2D eigenvalue weighted by Gasteiger charge is -1.99. The second-order valence-corrected chi connectivity index (χ2v) is 5.29. The molecule has 1 aromatic heterocycles. The van der Waals surface area contributed by atoms with Gasteiger partial charge in [0.05, 0.1) is 15.7 Å². The van der Waals surface area contributed by atoms with Gasteiger partial charge in [-0.05, 0) is 18.7 Å². The predicted octanol–water partition coefficient (Wildman–Crippen LogP) is 4.65. The summed E-state index contributed by atoms with van der Waals surface area (Å²) in [5.74, 6) is 0. The van der Waals surface area contributed by atoms with Gasteiger partial charge in [0.1, 0.15) is 5.01 Å². The molecule has 0 amide bonds. The summed E-state index contributed by atoms with van der Waals surface area (Å²) in [4.78, 5) is 4.54. The fraction of sp³-hybridized carbons (Fsp3) is 0.250. The van der Waals surface area contributed by atoms with E-state index in [1.807, 2.05) is 17.5 Å². The van der Waals surface area contributed by atoms with E-state index in [2.05, 4.69) is 17.2 Å². The zero-order chi connectivity index (χ0) is 12.3. The molecule has 1 aromatic carbocycles. The Morgan fingerprint density at radius 3 is 2.72 bits per heavy atom. The van der Waals surface area contributed by atoms with Crippen molar-refractivity contribution in [2.45, 2.75) is 13.5 Å². The molecule has 2 aromatic rings. The van der Waals surface area contributed by atoms with Crippen molar-refractivity contribution >= 4 is 46.9 Å². The van der Waals surface area contributed by atoms with E-state index in [9.17, 15) is 0 Å². The first kappa shape index (κ1) is 15.7. The van der Waals surface area contributed by atoms with Gasteiger partial charge >= 0.3 is 0 Å². The molecule has 0 saturated carbocycles. The van der Waals surface area contributed by atoms with Crippen LogP contribution in [0, 0.1) is 0 Å². The molecule has 2 nitrogen and oxygen atoms in total. The van der Waals surface area contributed by atoms with Crippen LogP contribution in [-0.2, 0) is 6.54 Å². The fourth-order valence-electron chi connectivity index (χ4n) is 1.41. The van der Waals surface area contributed by atoms with Crippen LogP contribution in [0.5, 0.6) is 0 Å². The van der Waals surface area contributed by atoms with Crippen LogP contribution in [0.2, 0.25) is 10.0 Å². The van der Waals surface area contributed by atoms with Gasteiger partial charge in [-0.1, -0.05) is 36.2 Å². The normalized spacial score (nSPS) is 10.2. The summed E-state index contributed by atoms with van der Waals surface area (Å²) in [6.45, 7) is 3.83. The number of halogens is 3. The summed E-state index contributed by atoms with van der Waals surface area (Å²) in [7, 11) is 0. The lowest BCUT2D eigenvalue weighted by molar-refractivity contribution is 0.723. The standard InChI is InChI=1S/C12H12Cl2N2S.ClH/c1-2-15-6-12-16-11(7-17-12)8-3-4-9(13)10(14)5-8;/h3-5,7,15H,2,6H2,1H3;1H. The summed E-state index contributed by atoms with van der Waals surface area (Å²) in [5, 5.41) is 7.49. The van der Waals surface area contributed by atoms with Gasteiger partial charge in [-0.2, -0.15) is 0 Å². The topological polar surface area (TPSA) is 24.9 Å². The maximum absolute atomic E-state index is 5.99. The SMILES string of the molecule is CCNCc1nc(-c2ccc(Cl)c(Cl)c2)cs1.Cl. The molecule has 0 spiro atoms. The van der Waals surface area contributed by atoms with E-state index in [1.165, 1.54) is 0 Å². The fourth-order valence-corrected chi connectivity index (χ4v) is 2.48. The highest BCUT2D eigenvalue weighted by molar-refractivity contribution is 7.09. The van der Waals surface area contributed by atoms with Crippen molar-refractivity contribution in [1.29, 1.82) is 0 Å². The largest absolute Gasteiger partial charge is 0.311 e. The second kappa shape index (κ2) is 7.31. The molecule has 0 bridgehead atoms. The number of benzene rings is 1. The minimum absolute atomic E-state index is 0. The van der Waals surface area contributed by atoms with Crippen molar-refractivity contribution in [3.63, 3.8) is 0 Å². The molecule has 2 rings (SSSR count). The zero-order valence-electron chi connectivity index (χ0n) is 9.74. The van der Waals surface area contributed by atoms with E-state index in [-0.39, 0.29) is 12.4 Å². The summed E-state index contributed by atoms with van der Waals surface area (Å²) >= 11 is 13.5. The highest BCUT2D eigenvalue weighted by Gasteiger charge is 2.06. The molecule has 18 heavy (non-hydrogen) atoms. The minimum Gasteiger partial charge on any atom is -0.311 e. The smallest absolute Gasteiger partial charge is 0.107 e. The van der Waals surface area contributed by atoms with Crippen LogP contribution < -0.4 is 5.32 Å². The summed E-state index contributed by atoms with van der Waals surface area (Å²) in [6, 6.07) is 5.57. The van der Waals surface area contributed by atoms with Crippen molar-refractivity contribution in [1.82, 2.24) is 10.3 Å². The molecule has 0 radical (unpaired) electrons. The Kier molecular flexibility index (Phi) is 6.39. The molecule has 0 saturated heterocycles. The first-order valence-corrected chi connectivity index (χ1v) is 6.95. The maximum Gasteiger partial charge on any atom is 0.107 e. The van der Waals surface area contributed by atoms with E-state index < -0.39 is 0 Å². The maximum atomic E-state index is 5.99. The van der Waals surface area contributed by atoms with Crippen molar-refractivity contribution < 1.29 is 0 Å². The van der Waals surface area contributed by atoms with E-state index >= 15 is 0 Å². The predicted molar refractivity (Wildman–Crippen MR) is 82.2 cm³/mol. The Bertz CT molecular complexity index is 514. The molecular weight excluding hydrogens is 311 g/mol. The third kappa shape index (κ3) is 3.84. The van der Waals surface area contributed by atoms with Gasteiger partial charge in [0.25, 0.3) is 0 Å². The van der Waals surface area contributed by atoms with Gasteiger partial charge in [0.2, 0.25) is 0 Å². The number of hydrogen-bond acceptors (Lipinski definition) is 3. The molecule has 0 aliphatic rings. The van der Waals surface area contributed by atoms with E-state index in [1.54, 1.807) is 17.4 Å². The average Bonchev–Trinajstić information content (AvgIpc) is 2.79. The molecule has 1 N–H and O–H groups in total. The lowest BCUT2D eigenvalue weighted by Crippen LogP contribution is -2.11. The summed E-state index contributed by atoms with van der Waals surface area (Å²) < 4.78 is 0. The number of hydrogen-bond donors (Lipinski definition) is 1. The molecule has 6 heteroatoms. The number of nitrogens with zero attached hydrogens (tertiary/aromatic N) is 1. The van der Waals surface area contributed by atoms with Gasteiger partial charge in [-0.3, -0.25) is 0 Å². The van der Waals surface area contributed by atoms with E-state index in [0.29, 0.717) is 10.0 Å². The highest BCUT2D eigenvalue weighted by Crippen LogP contribution is 2.29. The third-order valence-electron chi connectivity index (χ3n) is 2.29. The molecule has 98 valence electrons. The Labute approximate surface area is 127 Å². The van der Waals surface area contributed by atoms with E-state index in [4.69, 9.17) is 23.2 Å². The monoisotopic (exact) mass is 322 g/mol. The molecule has 0 unspecified atom stereocenters. The van der Waals surface area contributed by atoms with Crippen molar-refractivity contribution in [2.75, 3.05) is 6.54 Å². The zero-order valence-corrected chi connectivity index (χ0v) is 12.9. The number of nitrogens with one attached hydrogen (secondary N) is 1. The Hall–Kier alpha value is -0.320. The molecule has 0 aliphatic heterocycles. The molecular formula is C12H13Cl3N2S. The van der Waals surface area contributed by atoms with Crippen LogP contribution in [0.1, 0.15) is 11.9 Å². The highest BCUT2D eigenvalue weighted by atomic mass is 35.5. The van der Waals surface area contributed by atoms with Crippen molar-refractivity contribution in [2.24, 2.45) is 0 Å². The van der Waals surface area contributed by atoms with Crippen molar-refractivity contribution in [3.05, 3.63) is 38.6 Å². The Morgan fingerprint density at radius 1 is 1.28 bits per heavy atom. The van der Waals surface area contributed by atoms with Crippen LogP contribution in [0.25, 0.3) is 11.3 Å². The van der Waals surface area contributed by atoms with E-state index in [0.717, 1.165) is 29.4 Å². The van der Waals surface area contributed by atoms with Gasteiger partial charge in [-0.25, -0.2) is 4.98 Å². The summed E-state index contributed by atoms with van der Waals surface area (Å²) in [6.07, 6.45) is 0.